The second-order valence-electron chi connectivity index (χ2n) is 5.71. The van der Waals surface area contributed by atoms with Crippen molar-refractivity contribution in [3.63, 3.8) is 0 Å². The van der Waals surface area contributed by atoms with Crippen LogP contribution in [0.3, 0.4) is 0 Å². The van der Waals surface area contributed by atoms with Gasteiger partial charge in [-0.1, -0.05) is 6.07 Å². The lowest BCUT2D eigenvalue weighted by molar-refractivity contribution is -0.384. The van der Waals surface area contributed by atoms with E-state index in [9.17, 15) is 14.9 Å². The lowest BCUT2D eigenvalue weighted by atomic mass is 10.1. The number of nitriles is 1. The number of nitro benzene ring substituents is 1. The number of carbonyl (C=O) groups excluding carboxylic acids is 1. The molecular formula is C18H16N4O4. The molecule has 0 aliphatic carbocycles. The first-order chi connectivity index (χ1) is 12.6. The summed E-state index contributed by atoms with van der Waals surface area (Å²) in [5.74, 6) is -0.475. The molecular weight excluding hydrogens is 336 g/mol. The van der Waals surface area contributed by atoms with Gasteiger partial charge >= 0.3 is 0 Å². The van der Waals surface area contributed by atoms with Gasteiger partial charge in [0.05, 0.1) is 29.8 Å². The summed E-state index contributed by atoms with van der Waals surface area (Å²) in [6, 6.07) is 12.9. The van der Waals surface area contributed by atoms with E-state index in [-0.39, 0.29) is 11.3 Å². The van der Waals surface area contributed by atoms with Crippen molar-refractivity contribution >= 4 is 23.0 Å². The lowest BCUT2D eigenvalue weighted by Crippen LogP contribution is -2.36. The van der Waals surface area contributed by atoms with Gasteiger partial charge in [-0.3, -0.25) is 14.9 Å². The normalized spacial score (nSPS) is 13.7. The molecule has 1 heterocycles. The topological polar surface area (TPSA) is 108 Å². The summed E-state index contributed by atoms with van der Waals surface area (Å²) in [4.78, 5) is 25.3. The summed E-state index contributed by atoms with van der Waals surface area (Å²) in [6.07, 6.45) is 0. The van der Waals surface area contributed by atoms with Crippen LogP contribution in [0.4, 0.5) is 17.1 Å². The third-order valence-corrected chi connectivity index (χ3v) is 4.04. The van der Waals surface area contributed by atoms with E-state index < -0.39 is 10.8 Å². The predicted octanol–water partition coefficient (Wildman–Crippen LogP) is 2.56. The fourth-order valence-electron chi connectivity index (χ4n) is 2.75. The fourth-order valence-corrected chi connectivity index (χ4v) is 2.75. The molecule has 0 saturated carbocycles. The Hall–Kier alpha value is -3.44. The Balaban J connectivity index is 1.85. The number of hydrogen-bond donors (Lipinski definition) is 1. The second-order valence-corrected chi connectivity index (χ2v) is 5.71. The second kappa shape index (κ2) is 7.63. The van der Waals surface area contributed by atoms with Crippen molar-refractivity contribution in [1.82, 2.24) is 0 Å². The number of hydrogen-bond acceptors (Lipinski definition) is 6. The fraction of sp³-hybridized carbons (Fsp3) is 0.222. The van der Waals surface area contributed by atoms with Gasteiger partial charge in [0.25, 0.3) is 11.6 Å². The van der Waals surface area contributed by atoms with Crippen molar-refractivity contribution in [3.8, 4) is 6.07 Å². The quantitative estimate of drug-likeness (QED) is 0.669. The molecule has 0 aromatic heterocycles. The number of rotatable bonds is 4. The van der Waals surface area contributed by atoms with Gasteiger partial charge in [0.2, 0.25) is 0 Å². The van der Waals surface area contributed by atoms with E-state index in [4.69, 9.17) is 10.00 Å². The molecule has 132 valence electrons. The van der Waals surface area contributed by atoms with E-state index in [0.29, 0.717) is 43.2 Å². The molecule has 0 bridgehead atoms. The van der Waals surface area contributed by atoms with Gasteiger partial charge in [-0.25, -0.2) is 0 Å². The van der Waals surface area contributed by atoms with E-state index in [1.807, 2.05) is 11.0 Å². The van der Waals surface area contributed by atoms with E-state index in [1.54, 1.807) is 30.3 Å². The highest BCUT2D eigenvalue weighted by molar-refractivity contribution is 6.05. The molecule has 0 unspecified atom stereocenters. The van der Waals surface area contributed by atoms with Gasteiger partial charge in [0.15, 0.2) is 0 Å². The van der Waals surface area contributed by atoms with Crippen molar-refractivity contribution in [2.75, 3.05) is 36.5 Å². The predicted molar refractivity (Wildman–Crippen MR) is 95.2 cm³/mol. The Morgan fingerprint density at radius 3 is 2.69 bits per heavy atom. The molecule has 2 aromatic carbocycles. The number of morpholine rings is 1. The average Bonchev–Trinajstić information content (AvgIpc) is 2.68. The van der Waals surface area contributed by atoms with Crippen molar-refractivity contribution in [3.05, 3.63) is 63.7 Å². The summed E-state index contributed by atoms with van der Waals surface area (Å²) in [5.41, 5.74) is 1.40. The van der Waals surface area contributed by atoms with Gasteiger partial charge in [0.1, 0.15) is 5.69 Å². The van der Waals surface area contributed by atoms with E-state index in [0.717, 1.165) is 0 Å². The zero-order valence-electron chi connectivity index (χ0n) is 13.8. The molecule has 0 radical (unpaired) electrons. The third-order valence-electron chi connectivity index (χ3n) is 4.04. The van der Waals surface area contributed by atoms with E-state index in [2.05, 4.69) is 5.32 Å². The van der Waals surface area contributed by atoms with Crippen molar-refractivity contribution < 1.29 is 14.5 Å². The van der Waals surface area contributed by atoms with Gasteiger partial charge in [-0.05, 0) is 30.3 Å². The number of nitrogens with zero attached hydrogens (tertiary/aromatic N) is 3. The van der Waals surface area contributed by atoms with Crippen LogP contribution in [0.5, 0.6) is 0 Å². The molecule has 1 fully saturated rings. The Labute approximate surface area is 149 Å². The molecule has 1 saturated heterocycles. The molecule has 26 heavy (non-hydrogen) atoms. The number of carbonyl (C=O) groups is 1. The standard InChI is InChI=1S/C18H16N4O4/c19-12-13-2-1-3-15(10-13)20-18(23)14-4-5-16(17(11-14)22(24)25)21-6-8-26-9-7-21/h1-5,10-11H,6-9H2,(H,20,23). The van der Waals surface area contributed by atoms with Crippen LogP contribution in [-0.2, 0) is 4.74 Å². The maximum Gasteiger partial charge on any atom is 0.293 e. The molecule has 1 N–H and O–H groups in total. The maximum absolute atomic E-state index is 12.4. The van der Waals surface area contributed by atoms with E-state index >= 15 is 0 Å². The number of anilines is 2. The zero-order valence-corrected chi connectivity index (χ0v) is 13.8. The summed E-state index contributed by atoms with van der Waals surface area (Å²) < 4.78 is 5.27. The number of benzene rings is 2. The van der Waals surface area contributed by atoms with Crippen LogP contribution in [0.1, 0.15) is 15.9 Å². The Bertz CT molecular complexity index is 885. The van der Waals surface area contributed by atoms with Gasteiger partial charge in [0, 0.05) is 30.4 Å². The molecule has 3 rings (SSSR count). The number of ether oxygens (including phenoxy) is 1. The summed E-state index contributed by atoms with van der Waals surface area (Å²) in [6.45, 7) is 2.14. The molecule has 1 aliphatic heterocycles. The molecule has 1 amide bonds. The number of nitro groups is 1. The molecule has 0 atom stereocenters. The Morgan fingerprint density at radius 1 is 1.23 bits per heavy atom. The molecule has 8 nitrogen and oxygen atoms in total. The minimum atomic E-state index is -0.488. The van der Waals surface area contributed by atoms with Crippen molar-refractivity contribution in [1.29, 1.82) is 5.26 Å². The molecule has 2 aromatic rings. The van der Waals surface area contributed by atoms with Crippen LogP contribution in [0.2, 0.25) is 0 Å². The van der Waals surface area contributed by atoms with E-state index in [1.165, 1.54) is 12.1 Å². The van der Waals surface area contributed by atoms with Crippen LogP contribution in [0.15, 0.2) is 42.5 Å². The first-order valence-electron chi connectivity index (χ1n) is 8.01. The van der Waals surface area contributed by atoms with Crippen molar-refractivity contribution in [2.24, 2.45) is 0 Å². The largest absolute Gasteiger partial charge is 0.378 e. The average molecular weight is 352 g/mol. The minimum Gasteiger partial charge on any atom is -0.378 e. The van der Waals surface area contributed by atoms with Crippen molar-refractivity contribution in [2.45, 2.75) is 0 Å². The van der Waals surface area contributed by atoms with Crippen LogP contribution < -0.4 is 10.2 Å². The van der Waals surface area contributed by atoms with Gasteiger partial charge in [-0.2, -0.15) is 5.26 Å². The molecule has 1 aliphatic rings. The first-order valence-corrected chi connectivity index (χ1v) is 8.01. The monoisotopic (exact) mass is 352 g/mol. The maximum atomic E-state index is 12.4. The summed E-state index contributed by atoms with van der Waals surface area (Å²) in [7, 11) is 0. The zero-order chi connectivity index (χ0) is 18.5. The lowest BCUT2D eigenvalue weighted by Gasteiger charge is -2.28. The van der Waals surface area contributed by atoms with Crippen LogP contribution >= 0.6 is 0 Å². The SMILES string of the molecule is N#Cc1cccc(NC(=O)c2ccc(N3CCOCC3)c([N+](=O)[O-])c2)c1. The Morgan fingerprint density at radius 2 is 2.00 bits per heavy atom. The molecule has 8 heteroatoms. The van der Waals surface area contributed by atoms with Gasteiger partial charge < -0.3 is 15.0 Å². The highest BCUT2D eigenvalue weighted by atomic mass is 16.6. The third kappa shape index (κ3) is 3.79. The summed E-state index contributed by atoms with van der Waals surface area (Å²) >= 11 is 0. The minimum absolute atomic E-state index is 0.120. The highest BCUT2D eigenvalue weighted by Crippen LogP contribution is 2.30. The number of amides is 1. The summed E-state index contributed by atoms with van der Waals surface area (Å²) in [5, 5.41) is 23.0. The highest BCUT2D eigenvalue weighted by Gasteiger charge is 2.23. The van der Waals surface area contributed by atoms with Gasteiger partial charge in [-0.15, -0.1) is 0 Å². The smallest absolute Gasteiger partial charge is 0.293 e. The first kappa shape index (κ1) is 17.4. The number of nitrogens with one attached hydrogen (secondary N) is 1. The Kier molecular flexibility index (Phi) is 5.10. The van der Waals surface area contributed by atoms with Crippen LogP contribution in [0.25, 0.3) is 0 Å². The van der Waals surface area contributed by atoms with Crippen LogP contribution in [-0.4, -0.2) is 37.1 Å². The van der Waals surface area contributed by atoms with Crippen LogP contribution in [0, 0.1) is 21.4 Å². The molecule has 0 spiro atoms.